The van der Waals surface area contributed by atoms with Gasteiger partial charge < -0.3 is 29.6 Å². The first-order chi connectivity index (χ1) is 14.0. The van der Waals surface area contributed by atoms with Crippen molar-refractivity contribution in [2.24, 2.45) is 4.99 Å². The van der Waals surface area contributed by atoms with Crippen LogP contribution in [-0.2, 0) is 6.54 Å². The Labute approximate surface area is 200 Å². The molecule has 0 fully saturated rings. The molecule has 2 aromatic carbocycles. The predicted octanol–water partition coefficient (Wildman–Crippen LogP) is 4.12. The fraction of sp³-hybridized carbons (Fsp3) is 0.381. The molecule has 0 spiro atoms. The van der Waals surface area contributed by atoms with Gasteiger partial charge in [0.25, 0.3) is 0 Å². The lowest BCUT2D eigenvalue weighted by molar-refractivity contribution is 0.224. The Hall–Kier alpha value is -2.07. The van der Waals surface area contributed by atoms with Gasteiger partial charge in [0.1, 0.15) is 11.9 Å². The van der Waals surface area contributed by atoms with Crippen LogP contribution in [0.2, 0.25) is 5.02 Å². The molecule has 0 aromatic heterocycles. The molecule has 0 aliphatic rings. The molecule has 2 aromatic rings. The quantitative estimate of drug-likeness (QED) is 0.279. The van der Waals surface area contributed by atoms with Gasteiger partial charge in [-0.05, 0) is 48.9 Å². The topological polar surface area (TPSA) is 73.3 Å². The van der Waals surface area contributed by atoms with Crippen molar-refractivity contribution in [1.82, 2.24) is 10.6 Å². The minimum Gasteiger partial charge on any atom is -0.493 e. The maximum atomic E-state index is 5.90. The number of hydrogen-bond acceptors (Lipinski definition) is 5. The summed E-state index contributed by atoms with van der Waals surface area (Å²) in [6.07, 6.45) is -0.0594. The summed E-state index contributed by atoms with van der Waals surface area (Å²) in [6, 6.07) is 11.1. The Morgan fingerprint density at radius 3 is 2.10 bits per heavy atom. The third-order valence-corrected chi connectivity index (χ3v) is 4.37. The molecule has 1 unspecified atom stereocenters. The van der Waals surface area contributed by atoms with E-state index in [0.717, 1.165) is 11.3 Å². The highest BCUT2D eigenvalue weighted by molar-refractivity contribution is 14.0. The van der Waals surface area contributed by atoms with Crippen molar-refractivity contribution in [3.05, 3.63) is 47.0 Å². The first-order valence-corrected chi connectivity index (χ1v) is 9.54. The highest BCUT2D eigenvalue weighted by Gasteiger charge is 2.13. The number of hydrogen-bond donors (Lipinski definition) is 2. The first kappa shape index (κ1) is 26.0. The van der Waals surface area contributed by atoms with Gasteiger partial charge in [-0.15, -0.1) is 24.0 Å². The molecule has 2 N–H and O–H groups in total. The van der Waals surface area contributed by atoms with Gasteiger partial charge in [0.2, 0.25) is 5.75 Å². The van der Waals surface area contributed by atoms with E-state index in [4.69, 9.17) is 30.5 Å². The zero-order valence-electron chi connectivity index (χ0n) is 17.8. The van der Waals surface area contributed by atoms with Gasteiger partial charge in [0.05, 0.1) is 27.9 Å². The zero-order valence-corrected chi connectivity index (χ0v) is 20.9. The monoisotopic (exact) mass is 549 g/mol. The maximum Gasteiger partial charge on any atom is 0.203 e. The molecule has 0 radical (unpaired) electrons. The van der Waals surface area contributed by atoms with Crippen molar-refractivity contribution in [3.63, 3.8) is 0 Å². The molecule has 0 saturated carbocycles. The Bertz CT molecular complexity index is 793. The SMILES string of the molecule is CN=C(NCc1cc(OC)c(OC)c(OC)c1)NCC(C)Oc1ccc(Cl)cc1.I. The molecule has 0 saturated heterocycles. The lowest BCUT2D eigenvalue weighted by Gasteiger charge is -2.18. The number of aliphatic imine (C=N–C) groups is 1. The Balaban J connectivity index is 0.00000450. The second-order valence-electron chi connectivity index (χ2n) is 6.22. The van der Waals surface area contributed by atoms with Gasteiger partial charge in [-0.3, -0.25) is 4.99 Å². The number of nitrogens with one attached hydrogen (secondary N) is 2. The van der Waals surface area contributed by atoms with Crippen LogP contribution >= 0.6 is 35.6 Å². The molecule has 9 heteroatoms. The Morgan fingerprint density at radius 2 is 1.60 bits per heavy atom. The second kappa shape index (κ2) is 13.3. The van der Waals surface area contributed by atoms with Crippen LogP contribution in [0.15, 0.2) is 41.4 Å². The van der Waals surface area contributed by atoms with Crippen LogP contribution in [0.25, 0.3) is 0 Å². The van der Waals surface area contributed by atoms with Crippen LogP contribution in [0.1, 0.15) is 12.5 Å². The van der Waals surface area contributed by atoms with E-state index in [2.05, 4.69) is 15.6 Å². The molecule has 0 bridgehead atoms. The number of halogens is 2. The van der Waals surface area contributed by atoms with Crippen LogP contribution in [0.3, 0.4) is 0 Å². The molecule has 0 amide bonds. The number of benzene rings is 2. The fourth-order valence-electron chi connectivity index (χ4n) is 2.67. The summed E-state index contributed by atoms with van der Waals surface area (Å²) >= 11 is 5.90. The summed E-state index contributed by atoms with van der Waals surface area (Å²) in [5.41, 5.74) is 0.966. The molecule has 0 aliphatic heterocycles. The third-order valence-electron chi connectivity index (χ3n) is 4.12. The van der Waals surface area contributed by atoms with E-state index in [1.165, 1.54) is 0 Å². The van der Waals surface area contributed by atoms with E-state index in [9.17, 15) is 0 Å². The fourth-order valence-corrected chi connectivity index (χ4v) is 2.80. The standard InChI is InChI=1S/C21H28ClN3O4.HI/c1-14(29-17-8-6-16(22)7-9-17)12-24-21(23-2)25-13-15-10-18(26-3)20(28-5)19(11-15)27-4;/h6-11,14H,12-13H2,1-5H3,(H2,23,24,25);1H. The van der Waals surface area contributed by atoms with E-state index in [-0.39, 0.29) is 30.1 Å². The summed E-state index contributed by atoms with van der Waals surface area (Å²) in [6.45, 7) is 3.09. The third kappa shape index (κ3) is 7.64. The molecular formula is C21H29ClIN3O4. The normalized spacial score (nSPS) is 11.7. The van der Waals surface area contributed by atoms with E-state index >= 15 is 0 Å². The summed E-state index contributed by atoms with van der Waals surface area (Å²) in [4.78, 5) is 4.25. The zero-order chi connectivity index (χ0) is 21.2. The van der Waals surface area contributed by atoms with Crippen LogP contribution in [-0.4, -0.2) is 47.0 Å². The average molecular weight is 550 g/mol. The van der Waals surface area contributed by atoms with Gasteiger partial charge in [-0.2, -0.15) is 0 Å². The van der Waals surface area contributed by atoms with Crippen LogP contribution < -0.4 is 29.6 Å². The Kier molecular flexibility index (Phi) is 11.5. The molecule has 0 heterocycles. The van der Waals surface area contributed by atoms with Gasteiger partial charge in [-0.25, -0.2) is 0 Å². The smallest absolute Gasteiger partial charge is 0.203 e. The molecule has 30 heavy (non-hydrogen) atoms. The minimum atomic E-state index is -0.0594. The van der Waals surface area contributed by atoms with Crippen LogP contribution in [0.5, 0.6) is 23.0 Å². The molecular weight excluding hydrogens is 521 g/mol. The van der Waals surface area contributed by atoms with Crippen LogP contribution in [0.4, 0.5) is 0 Å². The molecule has 7 nitrogen and oxygen atoms in total. The molecule has 166 valence electrons. The van der Waals surface area contributed by atoms with E-state index in [0.29, 0.717) is 41.3 Å². The molecule has 0 aliphatic carbocycles. The molecule has 2 rings (SSSR count). The summed E-state index contributed by atoms with van der Waals surface area (Å²) < 4.78 is 22.0. The van der Waals surface area contributed by atoms with Crippen molar-refractivity contribution in [3.8, 4) is 23.0 Å². The maximum absolute atomic E-state index is 5.90. The van der Waals surface area contributed by atoms with Crippen molar-refractivity contribution in [2.45, 2.75) is 19.6 Å². The van der Waals surface area contributed by atoms with Crippen molar-refractivity contribution in [1.29, 1.82) is 0 Å². The average Bonchev–Trinajstić information content (AvgIpc) is 2.74. The number of ether oxygens (including phenoxy) is 4. The van der Waals surface area contributed by atoms with Gasteiger partial charge >= 0.3 is 0 Å². The lowest BCUT2D eigenvalue weighted by atomic mass is 10.2. The lowest BCUT2D eigenvalue weighted by Crippen LogP contribution is -2.41. The van der Waals surface area contributed by atoms with E-state index < -0.39 is 0 Å². The second-order valence-corrected chi connectivity index (χ2v) is 6.66. The van der Waals surface area contributed by atoms with Crippen molar-refractivity contribution < 1.29 is 18.9 Å². The van der Waals surface area contributed by atoms with E-state index in [1.807, 2.05) is 31.2 Å². The first-order valence-electron chi connectivity index (χ1n) is 9.16. The minimum absolute atomic E-state index is 0. The van der Waals surface area contributed by atoms with Gasteiger partial charge in [0.15, 0.2) is 17.5 Å². The predicted molar refractivity (Wildman–Crippen MR) is 131 cm³/mol. The van der Waals surface area contributed by atoms with Crippen molar-refractivity contribution in [2.75, 3.05) is 34.9 Å². The number of methoxy groups -OCH3 is 3. The summed E-state index contributed by atoms with van der Waals surface area (Å²) in [5, 5.41) is 7.20. The highest BCUT2D eigenvalue weighted by Crippen LogP contribution is 2.38. The number of nitrogens with zero attached hydrogens (tertiary/aromatic N) is 1. The largest absolute Gasteiger partial charge is 0.493 e. The summed E-state index contributed by atoms with van der Waals surface area (Å²) in [5.74, 6) is 3.21. The Morgan fingerprint density at radius 1 is 1.00 bits per heavy atom. The van der Waals surface area contributed by atoms with E-state index in [1.54, 1.807) is 40.5 Å². The number of rotatable bonds is 9. The summed E-state index contributed by atoms with van der Waals surface area (Å²) in [7, 11) is 6.49. The molecule has 1 atom stereocenters. The van der Waals surface area contributed by atoms with Crippen LogP contribution in [0, 0.1) is 0 Å². The number of guanidine groups is 1. The van der Waals surface area contributed by atoms with Gasteiger partial charge in [-0.1, -0.05) is 11.6 Å². The van der Waals surface area contributed by atoms with Crippen molar-refractivity contribution >= 4 is 41.5 Å². The highest BCUT2D eigenvalue weighted by atomic mass is 127. The van der Waals surface area contributed by atoms with Gasteiger partial charge in [0, 0.05) is 18.6 Å².